The summed E-state index contributed by atoms with van der Waals surface area (Å²) in [5.74, 6) is 0.685. The van der Waals surface area contributed by atoms with Gasteiger partial charge in [-0.15, -0.1) is 11.3 Å². The van der Waals surface area contributed by atoms with Crippen molar-refractivity contribution in [1.29, 1.82) is 0 Å². The Bertz CT molecular complexity index is 1010. The van der Waals surface area contributed by atoms with Crippen LogP contribution < -0.4 is 10.2 Å². The lowest BCUT2D eigenvalue weighted by atomic mass is 10.1. The van der Waals surface area contributed by atoms with E-state index in [-0.39, 0.29) is 12.0 Å². The molecule has 0 saturated carbocycles. The van der Waals surface area contributed by atoms with E-state index in [1.165, 1.54) is 5.56 Å². The monoisotopic (exact) mass is 377 g/mol. The van der Waals surface area contributed by atoms with E-state index in [2.05, 4.69) is 22.4 Å². The number of fused-ring (bicyclic) bond motifs is 1. The highest BCUT2D eigenvalue weighted by Gasteiger charge is 2.18. The van der Waals surface area contributed by atoms with E-state index < -0.39 is 0 Å². The van der Waals surface area contributed by atoms with Gasteiger partial charge in [-0.05, 0) is 55.3 Å². The van der Waals surface area contributed by atoms with E-state index in [0.29, 0.717) is 5.56 Å². The molecule has 0 fully saturated rings. The topological polar surface area (TPSA) is 63.6 Å². The molecule has 2 aromatic carbocycles. The molecule has 5 nitrogen and oxygen atoms in total. The molecule has 0 saturated heterocycles. The van der Waals surface area contributed by atoms with Gasteiger partial charge in [0, 0.05) is 22.9 Å². The van der Waals surface area contributed by atoms with Crippen molar-refractivity contribution in [2.75, 3.05) is 0 Å². The number of rotatable bonds is 4. The third kappa shape index (κ3) is 3.90. The maximum absolute atomic E-state index is 12.3. The second kappa shape index (κ2) is 7.32. The standard InChI is InChI=1S/C21H19N3O2S/c1-13-9-18-10-15(3-8-20(18)26-13)11-22-24-21(25)17-6-4-16(5-7-17)19-12-27-14(2)23-19/h3-8,10-13H,9H2,1-2H3,(H,24,25)/b22-11+/t13-/m1/s1. The molecule has 4 rings (SSSR count). The number of carbonyl (C=O) groups is 1. The van der Waals surface area contributed by atoms with E-state index in [9.17, 15) is 4.79 Å². The molecule has 0 aliphatic carbocycles. The first-order valence-electron chi connectivity index (χ1n) is 8.74. The van der Waals surface area contributed by atoms with E-state index in [1.807, 2.05) is 42.6 Å². The van der Waals surface area contributed by atoms with E-state index in [0.717, 1.165) is 34.0 Å². The number of ether oxygens (including phenoxy) is 1. The Kier molecular flexibility index (Phi) is 4.73. The van der Waals surface area contributed by atoms with Crippen molar-refractivity contribution >= 4 is 23.5 Å². The van der Waals surface area contributed by atoms with Gasteiger partial charge in [-0.25, -0.2) is 10.4 Å². The number of thiazole rings is 1. The molecule has 0 spiro atoms. The van der Waals surface area contributed by atoms with Gasteiger partial charge in [0.1, 0.15) is 11.9 Å². The molecule has 27 heavy (non-hydrogen) atoms. The largest absolute Gasteiger partial charge is 0.490 e. The van der Waals surface area contributed by atoms with Crippen LogP contribution in [0.5, 0.6) is 5.75 Å². The lowest BCUT2D eigenvalue weighted by Crippen LogP contribution is -2.17. The number of nitrogens with zero attached hydrogens (tertiary/aromatic N) is 2. The number of aryl methyl sites for hydroxylation is 1. The Morgan fingerprint density at radius 2 is 2.11 bits per heavy atom. The summed E-state index contributed by atoms with van der Waals surface area (Å²) in [4.78, 5) is 16.7. The number of aromatic nitrogens is 1. The van der Waals surface area contributed by atoms with Crippen molar-refractivity contribution in [3.63, 3.8) is 0 Å². The first-order valence-corrected chi connectivity index (χ1v) is 9.62. The predicted molar refractivity (Wildman–Crippen MR) is 108 cm³/mol. The quantitative estimate of drug-likeness (QED) is 0.547. The number of amides is 1. The number of nitrogens with one attached hydrogen (secondary N) is 1. The molecule has 1 aliphatic rings. The molecule has 0 radical (unpaired) electrons. The normalized spacial score (nSPS) is 15.6. The van der Waals surface area contributed by atoms with Crippen molar-refractivity contribution in [2.24, 2.45) is 5.10 Å². The number of hydrogen-bond acceptors (Lipinski definition) is 5. The van der Waals surface area contributed by atoms with E-state index in [1.54, 1.807) is 29.7 Å². The van der Waals surface area contributed by atoms with Crippen LogP contribution >= 0.6 is 11.3 Å². The molecular formula is C21H19N3O2S. The highest BCUT2D eigenvalue weighted by molar-refractivity contribution is 7.09. The zero-order chi connectivity index (χ0) is 18.8. The molecule has 6 heteroatoms. The summed E-state index contributed by atoms with van der Waals surface area (Å²) in [6.07, 6.45) is 2.75. The average molecular weight is 377 g/mol. The van der Waals surface area contributed by atoms with Crippen molar-refractivity contribution < 1.29 is 9.53 Å². The second-order valence-corrected chi connectivity index (χ2v) is 7.59. The van der Waals surface area contributed by atoms with Crippen LogP contribution in [0.3, 0.4) is 0 Å². The third-order valence-corrected chi connectivity index (χ3v) is 5.14. The SMILES string of the molecule is Cc1nc(-c2ccc(C(=O)N/N=C/c3ccc4c(c3)C[C@@H](C)O4)cc2)cs1. The van der Waals surface area contributed by atoms with E-state index >= 15 is 0 Å². The van der Waals surface area contributed by atoms with Gasteiger partial charge in [0.05, 0.1) is 16.9 Å². The van der Waals surface area contributed by atoms with Gasteiger partial charge < -0.3 is 4.74 Å². The molecular weight excluding hydrogens is 358 g/mol. The summed E-state index contributed by atoms with van der Waals surface area (Å²) in [7, 11) is 0. The minimum Gasteiger partial charge on any atom is -0.490 e. The summed E-state index contributed by atoms with van der Waals surface area (Å²) in [5, 5.41) is 7.10. The van der Waals surface area contributed by atoms with Crippen LogP contribution in [0.1, 0.15) is 33.4 Å². The molecule has 3 aromatic rings. The molecule has 1 aromatic heterocycles. The summed E-state index contributed by atoms with van der Waals surface area (Å²) in [6.45, 7) is 4.03. The van der Waals surface area contributed by atoms with Gasteiger partial charge in [0.15, 0.2) is 0 Å². The minimum atomic E-state index is -0.245. The van der Waals surface area contributed by atoms with Gasteiger partial charge in [-0.2, -0.15) is 5.10 Å². The van der Waals surface area contributed by atoms with Gasteiger partial charge in [-0.1, -0.05) is 12.1 Å². The Morgan fingerprint density at radius 3 is 2.85 bits per heavy atom. The zero-order valence-electron chi connectivity index (χ0n) is 15.1. The Labute approximate surface area is 161 Å². The molecule has 0 unspecified atom stereocenters. The Hall–Kier alpha value is -2.99. The Balaban J connectivity index is 1.39. The van der Waals surface area contributed by atoms with Gasteiger partial charge >= 0.3 is 0 Å². The third-order valence-electron chi connectivity index (χ3n) is 4.36. The maximum atomic E-state index is 12.3. The second-order valence-electron chi connectivity index (χ2n) is 6.53. The smallest absolute Gasteiger partial charge is 0.271 e. The highest BCUT2D eigenvalue weighted by Crippen LogP contribution is 2.28. The average Bonchev–Trinajstić information content (AvgIpc) is 3.26. The first kappa shape index (κ1) is 17.4. The maximum Gasteiger partial charge on any atom is 0.271 e. The lowest BCUT2D eigenvalue weighted by Gasteiger charge is -2.03. The molecule has 1 atom stereocenters. The van der Waals surface area contributed by atoms with Crippen LogP contribution in [0.2, 0.25) is 0 Å². The van der Waals surface area contributed by atoms with Gasteiger partial charge in [0.2, 0.25) is 0 Å². The molecule has 1 N–H and O–H groups in total. The Morgan fingerprint density at radius 1 is 1.30 bits per heavy atom. The number of benzene rings is 2. The summed E-state index contributed by atoms with van der Waals surface area (Å²) >= 11 is 1.61. The van der Waals surface area contributed by atoms with Crippen molar-refractivity contribution in [3.8, 4) is 17.0 Å². The van der Waals surface area contributed by atoms with Crippen LogP contribution in [0.25, 0.3) is 11.3 Å². The van der Waals surface area contributed by atoms with Gasteiger partial charge in [0.25, 0.3) is 5.91 Å². The number of carbonyl (C=O) groups excluding carboxylic acids is 1. The molecule has 1 aliphatic heterocycles. The van der Waals surface area contributed by atoms with Crippen LogP contribution in [-0.2, 0) is 6.42 Å². The fourth-order valence-electron chi connectivity index (χ4n) is 3.04. The van der Waals surface area contributed by atoms with Crippen LogP contribution in [0, 0.1) is 6.92 Å². The fraction of sp³-hybridized carbons (Fsp3) is 0.190. The highest BCUT2D eigenvalue weighted by atomic mass is 32.1. The molecule has 1 amide bonds. The predicted octanol–water partition coefficient (Wildman–Crippen LogP) is 4.21. The lowest BCUT2D eigenvalue weighted by molar-refractivity contribution is 0.0955. The molecule has 136 valence electrons. The fourth-order valence-corrected chi connectivity index (χ4v) is 3.66. The summed E-state index contributed by atoms with van der Waals surface area (Å²) in [5.41, 5.74) is 7.15. The molecule has 0 bridgehead atoms. The van der Waals surface area contributed by atoms with Crippen molar-refractivity contribution in [3.05, 3.63) is 69.5 Å². The zero-order valence-corrected chi connectivity index (χ0v) is 15.9. The number of hydrazone groups is 1. The summed E-state index contributed by atoms with van der Waals surface area (Å²) < 4.78 is 5.69. The van der Waals surface area contributed by atoms with E-state index in [4.69, 9.17) is 4.74 Å². The van der Waals surface area contributed by atoms with Crippen LogP contribution in [0.4, 0.5) is 0 Å². The molecule has 2 heterocycles. The first-order chi connectivity index (χ1) is 13.1. The van der Waals surface area contributed by atoms with Gasteiger partial charge in [-0.3, -0.25) is 4.79 Å². The van der Waals surface area contributed by atoms with Crippen LogP contribution in [0.15, 0.2) is 52.9 Å². The summed E-state index contributed by atoms with van der Waals surface area (Å²) in [6, 6.07) is 13.3. The van der Waals surface area contributed by atoms with Crippen molar-refractivity contribution in [2.45, 2.75) is 26.4 Å². The van der Waals surface area contributed by atoms with Crippen LogP contribution in [-0.4, -0.2) is 23.2 Å². The minimum absolute atomic E-state index is 0.211. The van der Waals surface area contributed by atoms with Crippen molar-refractivity contribution in [1.82, 2.24) is 10.4 Å². The number of hydrogen-bond donors (Lipinski definition) is 1.